The zero-order valence-electron chi connectivity index (χ0n) is 21.3. The van der Waals surface area contributed by atoms with E-state index in [1.807, 2.05) is 0 Å². The highest BCUT2D eigenvalue weighted by Crippen LogP contribution is 2.55. The van der Waals surface area contributed by atoms with Gasteiger partial charge >= 0.3 is 5.97 Å². The molecule has 5 nitrogen and oxygen atoms in total. The number of carbonyl (C=O) groups is 2. The molecule has 1 saturated carbocycles. The van der Waals surface area contributed by atoms with E-state index in [-0.39, 0.29) is 35.9 Å². The fraction of sp³-hybridized carbons (Fsp3) is 0.857. The monoisotopic (exact) mass is 460 g/mol. The Morgan fingerprint density at radius 3 is 2.73 bits per heavy atom. The van der Waals surface area contributed by atoms with Crippen molar-refractivity contribution in [3.63, 3.8) is 0 Å². The van der Waals surface area contributed by atoms with E-state index >= 15 is 0 Å². The SMILES string of the molecule is CCCCCCCC(=O)OC1CC=C(C)CC2OC3C4C(CC(C)C(=O)C24)C(C)COC13C. The summed E-state index contributed by atoms with van der Waals surface area (Å²) in [7, 11) is 0. The maximum atomic E-state index is 13.4. The maximum absolute atomic E-state index is 13.4. The van der Waals surface area contributed by atoms with Crippen molar-refractivity contribution in [2.75, 3.05) is 6.61 Å². The van der Waals surface area contributed by atoms with E-state index in [9.17, 15) is 9.59 Å². The third-order valence-electron chi connectivity index (χ3n) is 8.97. The normalized spacial score (nSPS) is 42.6. The molecule has 1 aliphatic carbocycles. The lowest BCUT2D eigenvalue weighted by Gasteiger charge is -2.44. The van der Waals surface area contributed by atoms with Crippen LogP contribution in [0.1, 0.15) is 92.4 Å². The second kappa shape index (κ2) is 10.2. The van der Waals surface area contributed by atoms with E-state index in [0.29, 0.717) is 37.1 Å². The molecule has 0 N–H and O–H groups in total. The molecule has 33 heavy (non-hydrogen) atoms. The number of fused-ring (bicyclic) bond motifs is 2. The Hall–Kier alpha value is -1.20. The van der Waals surface area contributed by atoms with Gasteiger partial charge in [0.2, 0.25) is 0 Å². The van der Waals surface area contributed by atoms with Crippen LogP contribution < -0.4 is 0 Å². The number of carbonyl (C=O) groups excluding carboxylic acids is 2. The second-order valence-electron chi connectivity index (χ2n) is 11.5. The molecule has 3 fully saturated rings. The summed E-state index contributed by atoms with van der Waals surface area (Å²) in [6, 6.07) is 0. The van der Waals surface area contributed by atoms with E-state index in [2.05, 4.69) is 40.7 Å². The number of ketones is 1. The van der Waals surface area contributed by atoms with Gasteiger partial charge in [-0.05, 0) is 44.9 Å². The average molecular weight is 461 g/mol. The van der Waals surface area contributed by atoms with Gasteiger partial charge in [0, 0.05) is 24.7 Å². The highest BCUT2D eigenvalue weighted by atomic mass is 16.6. The van der Waals surface area contributed by atoms with Gasteiger partial charge in [0.05, 0.1) is 24.7 Å². The summed E-state index contributed by atoms with van der Waals surface area (Å²) in [6.07, 6.45) is 9.73. The zero-order valence-corrected chi connectivity index (χ0v) is 21.3. The summed E-state index contributed by atoms with van der Waals surface area (Å²) in [6.45, 7) is 11.3. The van der Waals surface area contributed by atoms with Gasteiger partial charge < -0.3 is 14.2 Å². The Morgan fingerprint density at radius 2 is 1.97 bits per heavy atom. The minimum atomic E-state index is -0.749. The molecule has 4 rings (SSSR count). The molecule has 0 amide bonds. The fourth-order valence-corrected chi connectivity index (χ4v) is 6.97. The second-order valence-corrected chi connectivity index (χ2v) is 11.5. The van der Waals surface area contributed by atoms with E-state index in [1.54, 1.807) is 0 Å². The highest BCUT2D eigenvalue weighted by molar-refractivity contribution is 5.85. The maximum Gasteiger partial charge on any atom is 0.306 e. The zero-order chi connectivity index (χ0) is 23.8. The Labute approximate surface area is 200 Å². The third kappa shape index (κ3) is 4.82. The highest BCUT2D eigenvalue weighted by Gasteiger charge is 2.64. The first-order valence-electron chi connectivity index (χ1n) is 13.4. The number of hydrogen-bond acceptors (Lipinski definition) is 5. The van der Waals surface area contributed by atoms with Gasteiger partial charge in [0.15, 0.2) is 0 Å². The summed E-state index contributed by atoms with van der Waals surface area (Å²) in [4.78, 5) is 26.3. The van der Waals surface area contributed by atoms with Crippen molar-refractivity contribution in [1.82, 2.24) is 0 Å². The summed E-state index contributed by atoms with van der Waals surface area (Å²) in [5.41, 5.74) is 0.458. The first kappa shape index (κ1) is 24.9. The Bertz CT molecular complexity index is 759. The molecule has 0 aromatic heterocycles. The quantitative estimate of drug-likeness (QED) is 0.279. The predicted molar refractivity (Wildman–Crippen MR) is 128 cm³/mol. The largest absolute Gasteiger partial charge is 0.459 e. The molecular formula is C28H44O5. The van der Waals surface area contributed by atoms with Crippen LogP contribution in [-0.2, 0) is 23.8 Å². The molecule has 186 valence electrons. The number of ether oxygens (including phenoxy) is 3. The molecule has 2 bridgehead atoms. The smallest absolute Gasteiger partial charge is 0.306 e. The van der Waals surface area contributed by atoms with E-state index in [1.165, 1.54) is 24.8 Å². The molecule has 2 saturated heterocycles. The van der Waals surface area contributed by atoms with Gasteiger partial charge in [-0.1, -0.05) is 58.1 Å². The molecule has 5 heteroatoms. The van der Waals surface area contributed by atoms with Gasteiger partial charge in [-0.2, -0.15) is 0 Å². The van der Waals surface area contributed by atoms with Crippen molar-refractivity contribution >= 4 is 11.8 Å². The van der Waals surface area contributed by atoms with Crippen molar-refractivity contribution in [3.8, 4) is 0 Å². The molecule has 9 atom stereocenters. The van der Waals surface area contributed by atoms with Crippen LogP contribution in [0.4, 0.5) is 0 Å². The molecule has 0 aromatic carbocycles. The molecular weight excluding hydrogens is 416 g/mol. The van der Waals surface area contributed by atoms with Crippen molar-refractivity contribution in [2.45, 2.75) is 116 Å². The van der Waals surface area contributed by atoms with Crippen LogP contribution in [0.25, 0.3) is 0 Å². The van der Waals surface area contributed by atoms with Crippen molar-refractivity contribution in [1.29, 1.82) is 0 Å². The summed E-state index contributed by atoms with van der Waals surface area (Å²) < 4.78 is 19.5. The minimum absolute atomic E-state index is 0.0708. The third-order valence-corrected chi connectivity index (χ3v) is 8.97. The van der Waals surface area contributed by atoms with Crippen LogP contribution in [0.3, 0.4) is 0 Å². The van der Waals surface area contributed by atoms with Gasteiger partial charge in [-0.15, -0.1) is 0 Å². The van der Waals surface area contributed by atoms with Crippen LogP contribution in [0.15, 0.2) is 11.6 Å². The van der Waals surface area contributed by atoms with Crippen molar-refractivity contribution in [3.05, 3.63) is 11.6 Å². The summed E-state index contributed by atoms with van der Waals surface area (Å²) >= 11 is 0. The fourth-order valence-electron chi connectivity index (χ4n) is 6.97. The van der Waals surface area contributed by atoms with Crippen LogP contribution in [0.5, 0.6) is 0 Å². The molecule has 4 aliphatic rings. The molecule has 0 aromatic rings. The summed E-state index contributed by atoms with van der Waals surface area (Å²) in [5, 5.41) is 0. The van der Waals surface area contributed by atoms with Crippen LogP contribution >= 0.6 is 0 Å². The van der Waals surface area contributed by atoms with Gasteiger partial charge in [0.1, 0.15) is 17.5 Å². The first-order chi connectivity index (χ1) is 15.8. The number of unbranched alkanes of at least 4 members (excludes halogenated alkanes) is 4. The topological polar surface area (TPSA) is 61.8 Å². The van der Waals surface area contributed by atoms with E-state index < -0.39 is 11.7 Å². The number of rotatable bonds is 7. The number of hydrogen-bond donors (Lipinski definition) is 0. The molecule has 0 spiro atoms. The van der Waals surface area contributed by atoms with Gasteiger partial charge in [-0.3, -0.25) is 9.59 Å². The lowest BCUT2D eigenvalue weighted by molar-refractivity contribution is -0.202. The predicted octanol–water partition coefficient (Wildman–Crippen LogP) is 5.65. The molecule has 9 unspecified atom stereocenters. The molecule has 3 heterocycles. The summed E-state index contributed by atoms with van der Waals surface area (Å²) in [5.74, 6) is 1.10. The molecule has 0 radical (unpaired) electrons. The van der Waals surface area contributed by atoms with Crippen LogP contribution in [0, 0.1) is 29.6 Å². The van der Waals surface area contributed by atoms with Gasteiger partial charge in [0.25, 0.3) is 0 Å². The van der Waals surface area contributed by atoms with Crippen molar-refractivity contribution < 1.29 is 23.8 Å². The standard InChI is InChI=1S/C28H44O5/c1-6-7-8-9-10-11-23(29)33-22-13-12-17(2)14-21-25-24-20(15-18(3)26(25)30)19(4)16-31-28(22,5)27(24)32-21/h12,18-22,24-25,27H,6-11,13-16H2,1-5H3. The van der Waals surface area contributed by atoms with Crippen LogP contribution in [-0.4, -0.2) is 42.3 Å². The Kier molecular flexibility index (Phi) is 7.69. The van der Waals surface area contributed by atoms with Crippen molar-refractivity contribution in [2.24, 2.45) is 29.6 Å². The lowest BCUT2D eigenvalue weighted by atomic mass is 9.60. The van der Waals surface area contributed by atoms with E-state index in [0.717, 1.165) is 25.7 Å². The lowest BCUT2D eigenvalue weighted by Crippen LogP contribution is -2.56. The Balaban J connectivity index is 1.60. The minimum Gasteiger partial charge on any atom is -0.459 e. The first-order valence-corrected chi connectivity index (χ1v) is 13.4. The average Bonchev–Trinajstić information content (AvgIpc) is 3.13. The molecule has 3 aliphatic heterocycles. The van der Waals surface area contributed by atoms with Crippen LogP contribution in [0.2, 0.25) is 0 Å². The number of Topliss-reactive ketones (excluding diaryl/α,β-unsaturated/α-hetero) is 1. The Morgan fingerprint density at radius 1 is 1.21 bits per heavy atom. The van der Waals surface area contributed by atoms with Gasteiger partial charge in [-0.25, -0.2) is 0 Å². The van der Waals surface area contributed by atoms with E-state index in [4.69, 9.17) is 14.2 Å². The number of esters is 1.